The van der Waals surface area contributed by atoms with Crippen molar-refractivity contribution in [3.8, 4) is 0 Å². The highest BCUT2D eigenvalue weighted by molar-refractivity contribution is 5.23. The average Bonchev–Trinajstić information content (AvgIpc) is 1.90. The van der Waals surface area contributed by atoms with Gasteiger partial charge in [0.2, 0.25) is 0 Å². The lowest BCUT2D eigenvalue weighted by Crippen LogP contribution is -1.94. The second kappa shape index (κ2) is 2.65. The molecular weight excluding hydrogens is 110 g/mol. The molecule has 0 fully saturated rings. The van der Waals surface area contributed by atoms with Crippen LogP contribution in [0.15, 0.2) is 24.3 Å². The van der Waals surface area contributed by atoms with E-state index in [9.17, 15) is 0 Å². The molecule has 0 amide bonds. The minimum absolute atomic E-state index is 0.584. The minimum atomic E-state index is 0.584. The van der Waals surface area contributed by atoms with Crippen LogP contribution in [0.25, 0.3) is 0 Å². The second-order valence-electron chi connectivity index (χ2n) is 1.95. The van der Waals surface area contributed by atoms with E-state index in [0.717, 1.165) is 11.1 Å². The van der Waals surface area contributed by atoms with Gasteiger partial charge in [-0.2, -0.15) is 0 Å². The summed E-state index contributed by atoms with van der Waals surface area (Å²) in [7, 11) is 0. The molecule has 0 saturated carbocycles. The zero-order valence-electron chi connectivity index (χ0n) is 5.17. The minimum Gasteiger partial charge on any atom is -0.326 e. The van der Waals surface area contributed by atoms with E-state index in [1.807, 2.05) is 24.3 Å². The van der Waals surface area contributed by atoms with Crippen molar-refractivity contribution in [2.45, 2.75) is 6.54 Å². The highest BCUT2D eigenvalue weighted by atomic mass is 14.5. The fraction of sp³-hybridized carbons (Fsp3) is 0.125. The molecule has 1 aromatic rings. The van der Waals surface area contributed by atoms with Gasteiger partial charge in [-0.25, -0.2) is 0 Å². The van der Waals surface area contributed by atoms with Crippen LogP contribution in [0.3, 0.4) is 0 Å². The predicted octanol–water partition coefficient (Wildman–Crippen LogP) is 1.20. The van der Waals surface area contributed by atoms with Crippen molar-refractivity contribution in [3.63, 3.8) is 0 Å². The van der Waals surface area contributed by atoms with Crippen LogP contribution in [0.2, 0.25) is 0 Å². The summed E-state index contributed by atoms with van der Waals surface area (Å²) >= 11 is 0. The van der Waals surface area contributed by atoms with Gasteiger partial charge in [0.05, 0.1) is 0 Å². The Kier molecular flexibility index (Phi) is 1.85. The van der Waals surface area contributed by atoms with Gasteiger partial charge in [-0.15, -0.1) is 0 Å². The van der Waals surface area contributed by atoms with Gasteiger partial charge in [-0.1, -0.05) is 24.3 Å². The number of benzene rings is 1. The van der Waals surface area contributed by atoms with Crippen LogP contribution in [-0.2, 0) is 6.54 Å². The summed E-state index contributed by atoms with van der Waals surface area (Å²) in [4.78, 5) is 0. The fourth-order valence-corrected chi connectivity index (χ4v) is 0.654. The van der Waals surface area contributed by atoms with Gasteiger partial charge < -0.3 is 5.73 Å². The van der Waals surface area contributed by atoms with Gasteiger partial charge >= 0.3 is 0 Å². The van der Waals surface area contributed by atoms with Crippen molar-refractivity contribution >= 4 is 0 Å². The second-order valence-corrected chi connectivity index (χ2v) is 1.95. The Balaban J connectivity index is 2.88. The fourth-order valence-electron chi connectivity index (χ4n) is 0.654. The molecule has 0 unspecified atom stereocenters. The van der Waals surface area contributed by atoms with E-state index < -0.39 is 0 Å². The zero-order valence-corrected chi connectivity index (χ0v) is 5.17. The van der Waals surface area contributed by atoms with E-state index in [0.29, 0.717) is 6.54 Å². The maximum Gasteiger partial charge on any atom is 0.0178 e. The quantitative estimate of drug-likeness (QED) is 0.590. The van der Waals surface area contributed by atoms with Crippen LogP contribution in [0.4, 0.5) is 0 Å². The third-order valence-electron chi connectivity index (χ3n) is 1.22. The lowest BCUT2D eigenvalue weighted by atomic mass is 10.2. The molecule has 0 heterocycles. The topological polar surface area (TPSA) is 26.0 Å². The first-order valence-electron chi connectivity index (χ1n) is 2.87. The lowest BCUT2D eigenvalue weighted by Gasteiger charge is -1.94. The Morgan fingerprint density at radius 3 is 2.22 bits per heavy atom. The molecule has 1 heteroatoms. The number of rotatable bonds is 1. The molecule has 1 aromatic carbocycles. The summed E-state index contributed by atoms with van der Waals surface area (Å²) in [5, 5.41) is 0. The largest absolute Gasteiger partial charge is 0.326 e. The zero-order chi connectivity index (χ0) is 6.69. The maximum absolute atomic E-state index is 5.44. The van der Waals surface area contributed by atoms with Crippen molar-refractivity contribution in [3.05, 3.63) is 42.3 Å². The molecule has 0 bridgehead atoms. The van der Waals surface area contributed by atoms with Gasteiger partial charge in [0.25, 0.3) is 0 Å². The molecule has 1 nitrogen and oxygen atoms in total. The Morgan fingerprint density at radius 1 is 1.22 bits per heavy atom. The van der Waals surface area contributed by atoms with E-state index in [1.165, 1.54) is 0 Å². The van der Waals surface area contributed by atoms with Crippen LogP contribution >= 0.6 is 0 Å². The summed E-state index contributed by atoms with van der Waals surface area (Å²) < 4.78 is 0. The van der Waals surface area contributed by atoms with Crippen LogP contribution < -0.4 is 5.73 Å². The highest BCUT2D eigenvalue weighted by Crippen LogP contribution is 2.00. The predicted molar refractivity (Wildman–Crippen MR) is 37.7 cm³/mol. The summed E-state index contributed by atoms with van der Waals surface area (Å²) in [6.45, 7) is 6.02. The standard InChI is InChI=1S/C8H9N/c1-7-2-4-8(6-9)5-3-7/h1-5H,6,9H2. The number of hydrogen-bond acceptors (Lipinski definition) is 1. The van der Waals surface area contributed by atoms with E-state index in [1.54, 1.807) is 0 Å². The molecule has 2 radical (unpaired) electrons. The van der Waals surface area contributed by atoms with Crippen LogP contribution in [0.1, 0.15) is 11.1 Å². The lowest BCUT2D eigenvalue weighted by molar-refractivity contribution is 1.07. The average molecular weight is 119 g/mol. The van der Waals surface area contributed by atoms with Gasteiger partial charge in [-0.3, -0.25) is 0 Å². The van der Waals surface area contributed by atoms with Crippen molar-refractivity contribution in [2.24, 2.45) is 5.73 Å². The highest BCUT2D eigenvalue weighted by Gasteiger charge is 1.85. The molecule has 0 aliphatic heterocycles. The summed E-state index contributed by atoms with van der Waals surface area (Å²) in [5.41, 5.74) is 7.26. The molecular formula is C8H9N. The normalized spacial score (nSPS) is 9.56. The Hall–Kier alpha value is -0.820. The van der Waals surface area contributed by atoms with Crippen molar-refractivity contribution in [1.82, 2.24) is 0 Å². The molecule has 0 atom stereocenters. The monoisotopic (exact) mass is 119 g/mol. The molecule has 9 heavy (non-hydrogen) atoms. The Bertz CT molecular complexity index is 176. The summed E-state index contributed by atoms with van der Waals surface area (Å²) in [6.07, 6.45) is 0. The van der Waals surface area contributed by atoms with Gasteiger partial charge in [0.15, 0.2) is 0 Å². The molecule has 0 spiro atoms. The SMILES string of the molecule is [CH]c1ccc(CN)cc1. The van der Waals surface area contributed by atoms with Crippen molar-refractivity contribution < 1.29 is 0 Å². The molecule has 0 aromatic heterocycles. The molecule has 2 N–H and O–H groups in total. The van der Waals surface area contributed by atoms with Crippen molar-refractivity contribution in [2.75, 3.05) is 0 Å². The van der Waals surface area contributed by atoms with E-state index >= 15 is 0 Å². The third-order valence-corrected chi connectivity index (χ3v) is 1.22. The molecule has 1 rings (SSSR count). The molecule has 0 saturated heterocycles. The third kappa shape index (κ3) is 1.54. The Labute approximate surface area is 55.5 Å². The van der Waals surface area contributed by atoms with E-state index in [-0.39, 0.29) is 0 Å². The van der Waals surface area contributed by atoms with Crippen LogP contribution in [0.5, 0.6) is 0 Å². The van der Waals surface area contributed by atoms with E-state index in [4.69, 9.17) is 12.7 Å². The molecule has 0 aliphatic carbocycles. The molecule has 0 aliphatic rings. The van der Waals surface area contributed by atoms with Crippen LogP contribution in [-0.4, -0.2) is 0 Å². The Morgan fingerprint density at radius 2 is 1.78 bits per heavy atom. The van der Waals surface area contributed by atoms with Gasteiger partial charge in [0.1, 0.15) is 0 Å². The van der Waals surface area contributed by atoms with Gasteiger partial charge in [-0.05, 0) is 18.1 Å². The van der Waals surface area contributed by atoms with E-state index in [2.05, 4.69) is 0 Å². The first kappa shape index (κ1) is 6.30. The first-order chi connectivity index (χ1) is 4.33. The number of hydrogen-bond donors (Lipinski definition) is 1. The molecule has 46 valence electrons. The van der Waals surface area contributed by atoms with Crippen LogP contribution in [0, 0.1) is 6.92 Å². The smallest absolute Gasteiger partial charge is 0.0178 e. The van der Waals surface area contributed by atoms with Gasteiger partial charge in [0, 0.05) is 6.54 Å². The summed E-state index contributed by atoms with van der Waals surface area (Å²) in [5.74, 6) is 0. The number of nitrogens with two attached hydrogens (primary N) is 1. The van der Waals surface area contributed by atoms with Crippen molar-refractivity contribution in [1.29, 1.82) is 0 Å². The maximum atomic E-state index is 5.44. The first-order valence-corrected chi connectivity index (χ1v) is 2.87. The summed E-state index contributed by atoms with van der Waals surface area (Å²) in [6, 6.07) is 7.55.